The van der Waals surface area contributed by atoms with E-state index >= 15 is 4.39 Å². The highest BCUT2D eigenvalue weighted by Gasteiger charge is 2.34. The van der Waals surface area contributed by atoms with Gasteiger partial charge in [-0.25, -0.2) is 4.39 Å². The van der Waals surface area contributed by atoms with E-state index in [0.717, 1.165) is 35.8 Å². The summed E-state index contributed by atoms with van der Waals surface area (Å²) in [5.41, 5.74) is 1.53. The molecule has 1 N–H and O–H groups in total. The molecule has 0 saturated heterocycles. The van der Waals surface area contributed by atoms with E-state index in [4.69, 9.17) is 11.6 Å². The molecular weight excluding hydrogens is 569 g/mol. The fourth-order valence-electron chi connectivity index (χ4n) is 5.45. The van der Waals surface area contributed by atoms with Crippen LogP contribution in [0.4, 0.5) is 13.2 Å². The van der Waals surface area contributed by atoms with E-state index in [1.54, 1.807) is 29.2 Å². The van der Waals surface area contributed by atoms with E-state index in [2.05, 4.69) is 5.32 Å². The van der Waals surface area contributed by atoms with Crippen molar-refractivity contribution in [2.75, 3.05) is 7.05 Å². The van der Waals surface area contributed by atoms with Crippen molar-refractivity contribution in [2.24, 2.45) is 0 Å². The van der Waals surface area contributed by atoms with Crippen molar-refractivity contribution in [3.8, 4) is 11.1 Å². The molecule has 0 unspecified atom stereocenters. The highest BCUT2D eigenvalue weighted by atomic mass is 35.5. The van der Waals surface area contributed by atoms with Gasteiger partial charge in [0, 0.05) is 46.8 Å². The van der Waals surface area contributed by atoms with Crippen LogP contribution in [0.1, 0.15) is 58.2 Å². The first-order chi connectivity index (χ1) is 19.6. The SMILES string of the molecule is CN[C@H]1CC[C@H](N(Cc2cc(-c3ccc(C(=O)C(C)(F)F)cc3)ccc2F)C(=O)c2sc3ccccc3c2Cl)CC1. The molecule has 0 spiro atoms. The second kappa shape index (κ2) is 12.0. The number of hydrogen-bond donors (Lipinski definition) is 1. The normalized spacial score (nSPS) is 17.5. The number of carbonyl (C=O) groups is 2. The van der Waals surface area contributed by atoms with Gasteiger partial charge in [0.25, 0.3) is 5.91 Å². The van der Waals surface area contributed by atoms with Gasteiger partial charge in [0.1, 0.15) is 10.7 Å². The number of amides is 1. The van der Waals surface area contributed by atoms with E-state index in [-0.39, 0.29) is 24.1 Å². The van der Waals surface area contributed by atoms with Crippen LogP contribution in [0.25, 0.3) is 21.2 Å². The van der Waals surface area contributed by atoms with Crippen molar-refractivity contribution >= 4 is 44.7 Å². The summed E-state index contributed by atoms with van der Waals surface area (Å²) < 4.78 is 43.1. The van der Waals surface area contributed by atoms with Gasteiger partial charge in [0.15, 0.2) is 0 Å². The third kappa shape index (κ3) is 6.20. The number of ketones is 1. The Hall–Kier alpha value is -3.20. The third-order valence-electron chi connectivity index (χ3n) is 7.80. The Morgan fingerprint density at radius 2 is 1.66 bits per heavy atom. The van der Waals surface area contributed by atoms with Crippen LogP contribution < -0.4 is 5.32 Å². The number of benzene rings is 3. The number of carbonyl (C=O) groups excluding carboxylic acids is 2. The third-order valence-corrected chi connectivity index (χ3v) is 9.46. The topological polar surface area (TPSA) is 49.4 Å². The molecule has 4 aromatic rings. The molecule has 4 nitrogen and oxygen atoms in total. The first-order valence-electron chi connectivity index (χ1n) is 13.5. The lowest BCUT2D eigenvalue weighted by atomic mass is 9.89. The Kier molecular flexibility index (Phi) is 8.55. The van der Waals surface area contributed by atoms with Crippen LogP contribution in [-0.4, -0.2) is 41.6 Å². The van der Waals surface area contributed by atoms with Crippen LogP contribution in [0.15, 0.2) is 66.7 Å². The van der Waals surface area contributed by atoms with Gasteiger partial charge in [-0.1, -0.05) is 60.1 Å². The molecule has 1 fully saturated rings. The maximum Gasteiger partial charge on any atom is 0.307 e. The van der Waals surface area contributed by atoms with E-state index in [1.165, 1.54) is 29.5 Å². The molecule has 0 aliphatic heterocycles. The Bertz CT molecular complexity index is 1570. The summed E-state index contributed by atoms with van der Waals surface area (Å²) in [6, 6.07) is 18.3. The minimum Gasteiger partial charge on any atom is -0.330 e. The zero-order valence-electron chi connectivity index (χ0n) is 22.7. The number of thiophene rings is 1. The van der Waals surface area contributed by atoms with Crippen LogP contribution in [0.3, 0.4) is 0 Å². The van der Waals surface area contributed by atoms with Crippen LogP contribution in [-0.2, 0) is 6.54 Å². The average molecular weight is 599 g/mol. The molecule has 1 aliphatic rings. The lowest BCUT2D eigenvalue weighted by molar-refractivity contribution is 0.0221. The summed E-state index contributed by atoms with van der Waals surface area (Å²) in [5, 5.41) is 4.53. The number of rotatable bonds is 8. The molecule has 1 aliphatic carbocycles. The molecule has 1 aromatic heterocycles. The molecule has 41 heavy (non-hydrogen) atoms. The number of halogens is 4. The first-order valence-corrected chi connectivity index (χ1v) is 14.7. The highest BCUT2D eigenvalue weighted by Crippen LogP contribution is 2.38. The van der Waals surface area contributed by atoms with Crippen molar-refractivity contribution in [1.82, 2.24) is 10.2 Å². The molecule has 3 aromatic carbocycles. The van der Waals surface area contributed by atoms with Crippen LogP contribution >= 0.6 is 22.9 Å². The monoisotopic (exact) mass is 598 g/mol. The number of Topliss-reactive ketones (excluding diaryl/α,β-unsaturated/α-hetero) is 1. The van der Waals surface area contributed by atoms with Gasteiger partial charge in [-0.2, -0.15) is 8.78 Å². The van der Waals surface area contributed by atoms with Gasteiger partial charge in [0.2, 0.25) is 5.78 Å². The predicted molar refractivity (Wildman–Crippen MR) is 159 cm³/mol. The van der Waals surface area contributed by atoms with Crippen molar-refractivity contribution in [3.05, 3.63) is 93.6 Å². The number of nitrogens with one attached hydrogen (secondary N) is 1. The lowest BCUT2D eigenvalue weighted by Crippen LogP contribution is -2.44. The van der Waals surface area contributed by atoms with Gasteiger partial charge in [-0.05, 0) is 62.1 Å². The van der Waals surface area contributed by atoms with Gasteiger partial charge in [-0.3, -0.25) is 9.59 Å². The molecule has 214 valence electrons. The van der Waals surface area contributed by atoms with Gasteiger partial charge >= 0.3 is 5.92 Å². The number of alkyl halides is 2. The molecule has 1 heterocycles. The van der Waals surface area contributed by atoms with Gasteiger partial charge in [-0.15, -0.1) is 11.3 Å². The fourth-order valence-corrected chi connectivity index (χ4v) is 6.92. The molecule has 0 atom stereocenters. The van der Waals surface area contributed by atoms with E-state index in [9.17, 15) is 18.4 Å². The molecule has 5 rings (SSSR count). The Balaban J connectivity index is 1.47. The summed E-state index contributed by atoms with van der Waals surface area (Å²) in [6.07, 6.45) is 3.35. The Morgan fingerprint density at radius 1 is 1.00 bits per heavy atom. The van der Waals surface area contributed by atoms with Crippen LogP contribution in [0.2, 0.25) is 5.02 Å². The quantitative estimate of drug-likeness (QED) is 0.207. The largest absolute Gasteiger partial charge is 0.330 e. The fraction of sp³-hybridized carbons (Fsp3) is 0.312. The van der Waals surface area contributed by atoms with Gasteiger partial charge < -0.3 is 10.2 Å². The molecule has 0 radical (unpaired) electrons. The van der Waals surface area contributed by atoms with E-state index < -0.39 is 17.5 Å². The summed E-state index contributed by atoms with van der Waals surface area (Å²) in [5.74, 6) is -5.40. The van der Waals surface area contributed by atoms with Crippen molar-refractivity contribution in [1.29, 1.82) is 0 Å². The van der Waals surface area contributed by atoms with Crippen LogP contribution in [0.5, 0.6) is 0 Å². The number of hydrogen-bond acceptors (Lipinski definition) is 4. The smallest absolute Gasteiger partial charge is 0.307 e. The van der Waals surface area contributed by atoms with Gasteiger partial charge in [0.05, 0.1) is 5.02 Å². The van der Waals surface area contributed by atoms with Crippen molar-refractivity contribution in [2.45, 2.75) is 57.2 Å². The minimum absolute atomic E-state index is 0.0522. The summed E-state index contributed by atoms with van der Waals surface area (Å²) >= 11 is 8.03. The van der Waals surface area contributed by atoms with Crippen molar-refractivity contribution < 1.29 is 22.8 Å². The second-order valence-corrected chi connectivity index (χ2v) is 12.0. The summed E-state index contributed by atoms with van der Waals surface area (Å²) in [6.45, 7) is 0.621. The van der Waals surface area contributed by atoms with E-state index in [0.29, 0.717) is 39.6 Å². The first kappa shape index (κ1) is 29.3. The molecule has 0 bridgehead atoms. The Labute approximate surface area is 246 Å². The zero-order chi connectivity index (χ0) is 29.3. The Morgan fingerprint density at radius 3 is 2.29 bits per heavy atom. The second-order valence-electron chi connectivity index (χ2n) is 10.6. The minimum atomic E-state index is -3.47. The van der Waals surface area contributed by atoms with E-state index in [1.807, 2.05) is 31.3 Å². The number of nitrogens with zero attached hydrogens (tertiary/aromatic N) is 1. The zero-order valence-corrected chi connectivity index (χ0v) is 24.3. The standard InChI is InChI=1S/C32H30ClF3N2O2S/c1-32(35,36)30(39)20-9-7-19(8-10-20)21-11-16-26(34)22(17-21)18-38(24-14-12-23(37-2)13-15-24)31(40)29-28(33)25-5-3-4-6-27(25)41-29/h3-11,16-17,23-24,37H,12-15,18H2,1-2H3/t23-,24-. The highest BCUT2D eigenvalue weighted by molar-refractivity contribution is 7.21. The maximum atomic E-state index is 15.2. The number of fused-ring (bicyclic) bond motifs is 1. The van der Waals surface area contributed by atoms with Crippen LogP contribution in [0, 0.1) is 5.82 Å². The van der Waals surface area contributed by atoms with Crippen molar-refractivity contribution in [3.63, 3.8) is 0 Å². The summed E-state index contributed by atoms with van der Waals surface area (Å²) in [4.78, 5) is 28.2. The summed E-state index contributed by atoms with van der Waals surface area (Å²) in [7, 11) is 1.93. The maximum absolute atomic E-state index is 15.2. The molecule has 1 amide bonds. The molecular formula is C32H30ClF3N2O2S. The average Bonchev–Trinajstić information content (AvgIpc) is 3.32. The molecule has 1 saturated carbocycles. The predicted octanol–water partition coefficient (Wildman–Crippen LogP) is 8.37. The molecule has 9 heteroatoms. The lowest BCUT2D eigenvalue weighted by Gasteiger charge is -2.37.